The van der Waals surface area contributed by atoms with Crippen LogP contribution >= 0.6 is 0 Å². The van der Waals surface area contributed by atoms with Gasteiger partial charge in [0.15, 0.2) is 22.8 Å². The molecule has 67 heavy (non-hydrogen) atoms. The molecule has 1 unspecified atom stereocenters. The fourth-order valence-corrected chi connectivity index (χ4v) is 13.3. The number of imidazole rings is 1. The van der Waals surface area contributed by atoms with Gasteiger partial charge in [-0.25, -0.2) is 0 Å². The lowest BCUT2D eigenvalue weighted by atomic mass is 9.87. The van der Waals surface area contributed by atoms with Crippen LogP contribution in [0.2, 0.25) is 19.6 Å². The van der Waals surface area contributed by atoms with E-state index in [1.807, 2.05) is 0 Å². The van der Waals surface area contributed by atoms with Crippen LogP contribution < -0.4 is 14.3 Å². The Morgan fingerprint density at radius 1 is 0.567 bits per heavy atom. The summed E-state index contributed by atoms with van der Waals surface area (Å²) in [7, 11) is -1.91. The van der Waals surface area contributed by atoms with Crippen molar-refractivity contribution < 1.29 is 13.6 Å². The van der Waals surface area contributed by atoms with Gasteiger partial charge in [-0.1, -0.05) is 167 Å². The Kier molecular flexibility index (Phi) is 8.72. The van der Waals surface area contributed by atoms with Gasteiger partial charge in [0, 0.05) is 27.6 Å². The maximum absolute atomic E-state index is 7.21. The first-order chi connectivity index (χ1) is 32.7. The smallest absolute Gasteiger partial charge is 0.364 e. The number of aromatic nitrogens is 3. The highest BCUT2D eigenvalue weighted by molar-refractivity contribution is 6.89. The van der Waals surface area contributed by atoms with Crippen LogP contribution in [0.4, 0.5) is 0 Å². The number of pyridine rings is 1. The lowest BCUT2D eigenvalue weighted by Gasteiger charge is -2.24. The first-order valence-corrected chi connectivity index (χ1v) is 27.3. The van der Waals surface area contributed by atoms with Gasteiger partial charge in [-0.3, -0.25) is 0 Å². The molecule has 0 saturated carbocycles. The zero-order valence-corrected chi connectivity index (χ0v) is 39.6. The number of furan rings is 1. The number of benzene rings is 8. The van der Waals surface area contributed by atoms with Gasteiger partial charge < -0.3 is 4.42 Å². The van der Waals surface area contributed by atoms with E-state index in [0.717, 1.165) is 62.0 Å². The van der Waals surface area contributed by atoms with E-state index in [1.165, 1.54) is 61.0 Å². The normalized spacial score (nSPS) is 14.9. The second-order valence-corrected chi connectivity index (χ2v) is 25.1. The second-order valence-electron chi connectivity index (χ2n) is 20.0. The van der Waals surface area contributed by atoms with E-state index in [2.05, 4.69) is 248 Å². The Morgan fingerprint density at radius 2 is 1.19 bits per heavy atom. The minimum absolute atomic E-state index is 0.515. The fraction of sp³-hybridized carbons (Fsp3) is 0.129. The van der Waals surface area contributed by atoms with Crippen molar-refractivity contribution >= 4 is 46.2 Å². The Balaban J connectivity index is 1.24. The monoisotopic (exact) mass is 881 g/mol. The molecule has 0 saturated heterocycles. The Bertz CT molecular complexity index is 3780. The number of fused-ring (bicyclic) bond motifs is 16. The molecule has 0 aliphatic carbocycles. The van der Waals surface area contributed by atoms with Crippen molar-refractivity contribution in [2.45, 2.75) is 45.6 Å². The first kappa shape index (κ1) is 39.7. The predicted molar refractivity (Wildman–Crippen MR) is 278 cm³/mol. The Labute approximate surface area is 392 Å². The summed E-state index contributed by atoms with van der Waals surface area (Å²) in [6.07, 6.45) is 3.62. The van der Waals surface area contributed by atoms with Crippen LogP contribution in [0.5, 0.6) is 0 Å². The molecule has 2 aliphatic heterocycles. The molecule has 5 heteroatoms. The highest BCUT2D eigenvalue weighted by Gasteiger charge is 2.67. The molecule has 2 aliphatic rings. The van der Waals surface area contributed by atoms with E-state index in [0.29, 0.717) is 5.92 Å². The molecular formula is C62H51N3OSi+2. The molecule has 1 spiro atoms. The van der Waals surface area contributed by atoms with Gasteiger partial charge >= 0.3 is 11.5 Å². The molecule has 11 aromatic rings. The van der Waals surface area contributed by atoms with Crippen LogP contribution in [0, 0.1) is 5.92 Å². The first-order valence-electron chi connectivity index (χ1n) is 23.8. The Hall–Kier alpha value is -7.60. The van der Waals surface area contributed by atoms with Crippen LogP contribution in [-0.4, -0.2) is 12.6 Å². The van der Waals surface area contributed by atoms with Crippen molar-refractivity contribution in [3.8, 4) is 61.7 Å². The fourth-order valence-electron chi connectivity index (χ4n) is 11.6. The third kappa shape index (κ3) is 5.77. The zero-order valence-electron chi connectivity index (χ0n) is 38.6. The summed E-state index contributed by atoms with van der Waals surface area (Å²) in [6, 6.07) is 71.7. The maximum atomic E-state index is 7.21. The molecule has 3 aromatic heterocycles. The Morgan fingerprint density at radius 3 is 1.91 bits per heavy atom. The van der Waals surface area contributed by atoms with E-state index in [4.69, 9.17) is 4.42 Å². The minimum atomic E-state index is -1.91. The van der Waals surface area contributed by atoms with Crippen molar-refractivity contribution in [3.05, 3.63) is 217 Å². The third-order valence-electron chi connectivity index (χ3n) is 14.4. The number of nitrogens with zero attached hydrogens (tertiary/aromatic N) is 3. The number of rotatable bonds is 7. The highest BCUT2D eigenvalue weighted by Crippen LogP contribution is 2.53. The second kappa shape index (κ2) is 14.7. The van der Waals surface area contributed by atoms with Crippen molar-refractivity contribution in [2.75, 3.05) is 0 Å². The van der Waals surface area contributed by atoms with E-state index >= 15 is 0 Å². The molecule has 0 bridgehead atoms. The van der Waals surface area contributed by atoms with Gasteiger partial charge in [-0.2, -0.15) is 4.57 Å². The number of hydrogen-bond donors (Lipinski definition) is 0. The number of para-hydroxylation sites is 3. The molecule has 0 amide bonds. The molecular weight excluding hydrogens is 831 g/mol. The molecule has 0 N–H and O–H groups in total. The van der Waals surface area contributed by atoms with Crippen LogP contribution in [-0.2, 0) is 12.1 Å². The van der Waals surface area contributed by atoms with Crippen LogP contribution in [0.15, 0.2) is 205 Å². The van der Waals surface area contributed by atoms with E-state index in [1.54, 1.807) is 0 Å². The molecule has 4 nitrogen and oxygen atoms in total. The molecule has 0 fully saturated rings. The molecule has 0 radical (unpaired) electrons. The van der Waals surface area contributed by atoms with E-state index in [-0.39, 0.29) is 0 Å². The lowest BCUT2D eigenvalue weighted by molar-refractivity contribution is -0.944. The summed E-state index contributed by atoms with van der Waals surface area (Å²) in [6.45, 7) is 12.2. The summed E-state index contributed by atoms with van der Waals surface area (Å²) in [5.74, 6) is 1.61. The largest absolute Gasteiger partial charge is 0.455 e. The molecule has 5 heterocycles. The third-order valence-corrected chi connectivity index (χ3v) is 16.5. The highest BCUT2D eigenvalue weighted by atomic mass is 28.3. The van der Waals surface area contributed by atoms with Gasteiger partial charge in [0.05, 0.1) is 24.8 Å². The molecule has 322 valence electrons. The zero-order chi connectivity index (χ0) is 45.2. The summed E-state index contributed by atoms with van der Waals surface area (Å²) in [5.41, 5.74) is 19.1. The quantitative estimate of drug-likeness (QED) is 0.116. The average Bonchev–Trinajstić information content (AvgIpc) is 4.07. The molecule has 8 aromatic carbocycles. The van der Waals surface area contributed by atoms with Crippen LogP contribution in [0.1, 0.15) is 30.5 Å². The van der Waals surface area contributed by atoms with Crippen molar-refractivity contribution in [1.82, 2.24) is 4.57 Å². The van der Waals surface area contributed by atoms with Crippen molar-refractivity contribution in [1.29, 1.82) is 0 Å². The summed E-state index contributed by atoms with van der Waals surface area (Å²) in [5, 5.41) is 3.75. The summed E-state index contributed by atoms with van der Waals surface area (Å²) >= 11 is 0. The van der Waals surface area contributed by atoms with Crippen molar-refractivity contribution in [3.63, 3.8) is 0 Å². The van der Waals surface area contributed by atoms with Crippen LogP contribution in [0.25, 0.3) is 94.7 Å². The standard InChI is InChI=1S/C62H51N3OSi/c1-40(2)35-46-38-55-50-36-44(41-19-9-6-10-20-41)30-33-51(50)62(63(55)39-58(46)67(3,4)5)52-34-32-49-48-25-15-18-28-57(48)66-60(49)59(52)61-64(53-26-16-17-27-54(53)65(61)62)56-37-45(42-21-11-7-12-22-42)29-31-47(56)43-23-13-8-14-24-43/h6-34,36-40H,35H2,1-5H3/q+2. The summed E-state index contributed by atoms with van der Waals surface area (Å²) < 4.78 is 15.2. The van der Waals surface area contributed by atoms with Gasteiger partial charge in [0.25, 0.3) is 0 Å². The van der Waals surface area contributed by atoms with Gasteiger partial charge in [0.1, 0.15) is 16.8 Å². The topological polar surface area (TPSA) is 25.8 Å². The summed E-state index contributed by atoms with van der Waals surface area (Å²) in [4.78, 5) is 0. The lowest BCUT2D eigenvalue weighted by Crippen LogP contribution is -2.72. The predicted octanol–water partition coefficient (Wildman–Crippen LogP) is 14.1. The van der Waals surface area contributed by atoms with E-state index < -0.39 is 13.7 Å². The molecule has 1 atom stereocenters. The minimum Gasteiger partial charge on any atom is -0.455 e. The number of hydrogen-bond acceptors (Lipinski definition) is 1. The van der Waals surface area contributed by atoms with E-state index in [9.17, 15) is 0 Å². The SMILES string of the molecule is CC(C)Cc1cc2[n+](cc1[Si](C)(C)C)C1(c3ccc(-c4ccccc4)cc3-2)c2ccc3c(oc4ccccc43)c2-c2n(-c3cc(-c4ccccc4)ccc3-c3ccccc3)c3ccccc3[n+]21. The average molecular weight is 882 g/mol. The maximum Gasteiger partial charge on any atom is 0.364 e. The molecule has 13 rings (SSSR count). The van der Waals surface area contributed by atoms with Gasteiger partial charge in [-0.05, 0) is 100 Å². The van der Waals surface area contributed by atoms with Gasteiger partial charge in [0.2, 0.25) is 5.69 Å². The van der Waals surface area contributed by atoms with Crippen molar-refractivity contribution in [2.24, 2.45) is 5.92 Å². The van der Waals surface area contributed by atoms with Gasteiger partial charge in [-0.15, -0.1) is 9.13 Å². The van der Waals surface area contributed by atoms with Crippen LogP contribution in [0.3, 0.4) is 0 Å².